The van der Waals surface area contributed by atoms with Gasteiger partial charge in [-0.05, 0) is 18.2 Å². The average molecular weight is 282 g/mol. The smallest absolute Gasteiger partial charge is 0.264 e. The van der Waals surface area contributed by atoms with Crippen LogP contribution in [-0.2, 0) is 20.5 Å². The van der Waals surface area contributed by atoms with Crippen LogP contribution in [0.5, 0.6) is 0 Å². The number of imidazole rings is 1. The molecule has 0 radical (unpaired) electrons. The van der Waals surface area contributed by atoms with E-state index in [1.165, 1.54) is 0 Å². The molecule has 0 atom stereocenters. The summed E-state index contributed by atoms with van der Waals surface area (Å²) < 4.78 is 52.4. The highest BCUT2D eigenvalue weighted by Gasteiger charge is 2.34. The maximum absolute atomic E-state index is 8.11. The minimum atomic E-state index is -2.57. The van der Waals surface area contributed by atoms with Crippen molar-refractivity contribution in [3.63, 3.8) is 0 Å². The van der Waals surface area contributed by atoms with Gasteiger partial charge in [0.15, 0.2) is 0 Å². The fraction of sp³-hybridized carbons (Fsp3) is 0.188. The largest absolute Gasteiger partial charge is 0.270 e. The summed E-state index contributed by atoms with van der Waals surface area (Å²) in [7, 11) is 0. The molecule has 5 heteroatoms. The lowest BCUT2D eigenvalue weighted by molar-refractivity contribution is -0.636. The van der Waals surface area contributed by atoms with Crippen molar-refractivity contribution in [2.24, 2.45) is 14.0 Å². The number of hydrogen-bond donors (Lipinski definition) is 0. The Morgan fingerprint density at radius 2 is 2.33 bits per heavy atom. The van der Waals surface area contributed by atoms with Crippen LogP contribution >= 0.6 is 0 Å². The Hall–Kier alpha value is -2.69. The van der Waals surface area contributed by atoms with Gasteiger partial charge >= 0.3 is 0 Å². The van der Waals surface area contributed by atoms with Gasteiger partial charge in [0.2, 0.25) is 11.3 Å². The van der Waals surface area contributed by atoms with Gasteiger partial charge in [-0.25, -0.2) is 14.1 Å². The maximum atomic E-state index is 8.11. The zero-order valence-corrected chi connectivity index (χ0v) is 10.9. The molecule has 4 aromatic heterocycles. The molecule has 0 aromatic carbocycles. The SMILES string of the molecule is [2H]C([2H])([2H])n1c2cccnc2c2c1[n+](C([2H])([2H])[2H])c1n2Cc2cnccc2-1. The highest BCUT2D eigenvalue weighted by atomic mass is 15.2. The van der Waals surface area contributed by atoms with Gasteiger partial charge in [0, 0.05) is 24.2 Å². The van der Waals surface area contributed by atoms with Crippen LogP contribution in [0.3, 0.4) is 0 Å². The molecule has 0 amide bonds. The first-order chi connectivity index (χ1) is 12.7. The van der Waals surface area contributed by atoms with Crippen molar-refractivity contribution >= 4 is 22.2 Å². The fourth-order valence-corrected chi connectivity index (χ4v) is 3.23. The van der Waals surface area contributed by atoms with Crippen LogP contribution in [0, 0.1) is 0 Å². The van der Waals surface area contributed by atoms with Gasteiger partial charge in [0.25, 0.3) is 5.65 Å². The first-order valence-electron chi connectivity index (χ1n) is 9.57. The highest BCUT2D eigenvalue weighted by molar-refractivity contribution is 6.02. The molecule has 0 saturated heterocycles. The van der Waals surface area contributed by atoms with E-state index in [4.69, 9.17) is 8.22 Å². The highest BCUT2D eigenvalue weighted by Crippen LogP contribution is 2.35. The van der Waals surface area contributed by atoms with Crippen molar-refractivity contribution in [2.45, 2.75) is 6.54 Å². The van der Waals surface area contributed by atoms with Crippen molar-refractivity contribution in [1.29, 1.82) is 0 Å². The average Bonchev–Trinajstić information content (AvgIpc) is 3.18. The maximum Gasteiger partial charge on any atom is 0.270 e. The summed E-state index contributed by atoms with van der Waals surface area (Å²) in [5.41, 5.74) is 3.10. The topological polar surface area (TPSA) is 39.5 Å². The third-order valence-corrected chi connectivity index (χ3v) is 4.10. The molecule has 0 bridgehead atoms. The lowest BCUT2D eigenvalue weighted by Crippen LogP contribution is -2.31. The Labute approximate surface area is 129 Å². The summed E-state index contributed by atoms with van der Waals surface area (Å²) >= 11 is 0. The van der Waals surface area contributed by atoms with Gasteiger partial charge in [-0.3, -0.25) is 9.55 Å². The molecular weight excluding hydrogens is 262 g/mol. The number of hydrogen-bond acceptors (Lipinski definition) is 2. The standard InChI is InChI=1S/C16H14N5/c1-19-12-4-3-6-18-13(12)14-16(19)20(2)15-11-5-7-17-8-10(11)9-21(14)15/h3-8H,9H2,1-2H3/q+1/i1D3,2D3. The van der Waals surface area contributed by atoms with Gasteiger partial charge in [-0.2, -0.15) is 0 Å². The Balaban J connectivity index is 2.07. The molecule has 0 unspecified atom stereocenters. The van der Waals surface area contributed by atoms with Gasteiger partial charge in [0.1, 0.15) is 11.0 Å². The second-order valence-corrected chi connectivity index (χ2v) is 5.16. The van der Waals surface area contributed by atoms with E-state index in [9.17, 15) is 0 Å². The van der Waals surface area contributed by atoms with Gasteiger partial charge in [-0.1, -0.05) is 0 Å². The van der Waals surface area contributed by atoms with E-state index >= 15 is 0 Å². The summed E-state index contributed by atoms with van der Waals surface area (Å²) in [5.74, 6) is 0.447. The zero-order chi connectivity index (χ0) is 19.1. The van der Waals surface area contributed by atoms with Crippen molar-refractivity contribution in [3.8, 4) is 11.4 Å². The van der Waals surface area contributed by atoms with Crippen molar-refractivity contribution < 1.29 is 12.8 Å². The molecule has 5 heterocycles. The molecule has 0 saturated carbocycles. The molecule has 5 rings (SSSR count). The van der Waals surface area contributed by atoms with Crippen LogP contribution in [0.25, 0.3) is 33.6 Å². The third-order valence-electron chi connectivity index (χ3n) is 4.10. The van der Waals surface area contributed by atoms with E-state index in [-0.39, 0.29) is 5.65 Å². The van der Waals surface area contributed by atoms with Crippen LogP contribution in [0.2, 0.25) is 0 Å². The van der Waals surface area contributed by atoms with Crippen LogP contribution in [0.1, 0.15) is 13.8 Å². The second kappa shape index (κ2) is 3.49. The second-order valence-electron chi connectivity index (χ2n) is 5.16. The first kappa shape index (κ1) is 6.85. The summed E-state index contributed by atoms with van der Waals surface area (Å²) in [5, 5.41) is 0. The van der Waals surface area contributed by atoms with Crippen LogP contribution in [0.4, 0.5) is 0 Å². The molecule has 0 N–H and O–H groups in total. The lowest BCUT2D eigenvalue weighted by Gasteiger charge is -1.98. The number of aromatic nitrogens is 5. The van der Waals surface area contributed by atoms with E-state index in [1.807, 2.05) is 4.57 Å². The molecule has 102 valence electrons. The van der Waals surface area contributed by atoms with Crippen LogP contribution in [-0.4, -0.2) is 19.1 Å². The quantitative estimate of drug-likeness (QED) is 0.406. The Bertz CT molecular complexity index is 1230. The van der Waals surface area contributed by atoms with Crippen molar-refractivity contribution in [3.05, 3.63) is 42.4 Å². The van der Waals surface area contributed by atoms with Crippen molar-refractivity contribution in [1.82, 2.24) is 19.1 Å². The molecule has 0 spiro atoms. The van der Waals surface area contributed by atoms with E-state index < -0.39 is 14.0 Å². The summed E-state index contributed by atoms with van der Waals surface area (Å²) in [6.45, 7) is -4.71. The molecule has 0 aliphatic carbocycles. The van der Waals surface area contributed by atoms with Gasteiger partial charge < -0.3 is 0 Å². The van der Waals surface area contributed by atoms with Crippen LogP contribution < -0.4 is 4.57 Å². The molecule has 21 heavy (non-hydrogen) atoms. The minimum absolute atomic E-state index is 0.126. The number of aryl methyl sites for hydroxylation is 2. The number of fused-ring (bicyclic) bond motifs is 7. The number of rotatable bonds is 0. The molecular formula is C16H14N5+. The van der Waals surface area contributed by atoms with E-state index in [0.29, 0.717) is 28.9 Å². The summed E-state index contributed by atoms with van der Waals surface area (Å²) in [4.78, 5) is 8.50. The normalized spacial score (nSPS) is 18.5. The third kappa shape index (κ3) is 1.15. The Morgan fingerprint density at radius 1 is 1.33 bits per heavy atom. The van der Waals surface area contributed by atoms with Gasteiger partial charge in [-0.15, -0.1) is 0 Å². The van der Waals surface area contributed by atoms with Crippen molar-refractivity contribution in [2.75, 3.05) is 0 Å². The summed E-state index contributed by atoms with van der Waals surface area (Å²) in [6, 6.07) is 5.05. The minimum Gasteiger partial charge on any atom is -0.264 e. The number of nitrogens with zero attached hydrogens (tertiary/aromatic N) is 5. The lowest BCUT2D eigenvalue weighted by atomic mass is 10.2. The van der Waals surface area contributed by atoms with E-state index in [0.717, 1.165) is 20.3 Å². The zero-order valence-electron chi connectivity index (χ0n) is 16.9. The molecule has 0 fully saturated rings. The Kier molecular flexibility index (Phi) is 1.14. The monoisotopic (exact) mass is 282 g/mol. The molecule has 5 nitrogen and oxygen atoms in total. The predicted molar refractivity (Wildman–Crippen MR) is 79.7 cm³/mol. The van der Waals surface area contributed by atoms with E-state index in [2.05, 4.69) is 9.97 Å². The number of pyridine rings is 2. The molecule has 1 aliphatic heterocycles. The summed E-state index contributed by atoms with van der Waals surface area (Å²) in [6.07, 6.45) is 4.88. The van der Waals surface area contributed by atoms with E-state index in [1.54, 1.807) is 36.8 Å². The molecule has 4 aromatic rings. The predicted octanol–water partition coefficient (Wildman–Crippen LogP) is 1.78. The fourth-order valence-electron chi connectivity index (χ4n) is 3.23. The Morgan fingerprint density at radius 3 is 3.24 bits per heavy atom. The first-order valence-corrected chi connectivity index (χ1v) is 6.57. The molecule has 1 aliphatic rings. The van der Waals surface area contributed by atoms with Crippen LogP contribution in [0.15, 0.2) is 36.8 Å². The van der Waals surface area contributed by atoms with Gasteiger partial charge in [0.05, 0.1) is 34.3 Å².